The summed E-state index contributed by atoms with van der Waals surface area (Å²) >= 11 is 0. The number of hydrogen-bond donors (Lipinski definition) is 1. The third-order valence-electron chi connectivity index (χ3n) is 2.77. The van der Waals surface area contributed by atoms with E-state index in [1.807, 2.05) is 13.0 Å². The minimum absolute atomic E-state index is 0.0351. The van der Waals surface area contributed by atoms with Crippen molar-refractivity contribution in [1.82, 2.24) is 0 Å². The molecular weight excluding hydrogens is 271 g/mol. The first kappa shape index (κ1) is 14.5. The van der Waals surface area contributed by atoms with Gasteiger partial charge in [-0.1, -0.05) is 0 Å². The van der Waals surface area contributed by atoms with Crippen molar-refractivity contribution < 1.29 is 13.9 Å². The van der Waals surface area contributed by atoms with Gasteiger partial charge in [-0.05, 0) is 49.4 Å². The lowest BCUT2D eigenvalue weighted by Gasteiger charge is -2.07. The summed E-state index contributed by atoms with van der Waals surface area (Å²) in [6.45, 7) is 2.41. The van der Waals surface area contributed by atoms with Crippen LogP contribution >= 0.6 is 0 Å². The van der Waals surface area contributed by atoms with E-state index in [-0.39, 0.29) is 11.3 Å². The second kappa shape index (κ2) is 6.53. The minimum atomic E-state index is -0.645. The summed E-state index contributed by atoms with van der Waals surface area (Å²) in [5, 5.41) is 11.1. The number of hydrogen-bond acceptors (Lipinski definition) is 3. The summed E-state index contributed by atoms with van der Waals surface area (Å²) in [6, 6.07) is 12.3. The number of nitrogens with one attached hydrogen (secondary N) is 1. The van der Waals surface area contributed by atoms with Gasteiger partial charge in [-0.2, -0.15) is 5.26 Å². The van der Waals surface area contributed by atoms with Gasteiger partial charge in [-0.3, -0.25) is 4.79 Å². The fraction of sp³-hybridized carbons (Fsp3) is 0.125. The van der Waals surface area contributed by atoms with Crippen molar-refractivity contribution >= 4 is 11.6 Å². The summed E-state index contributed by atoms with van der Waals surface area (Å²) in [5.41, 5.74) is 0.627. The van der Waals surface area contributed by atoms with Gasteiger partial charge >= 0.3 is 0 Å². The fourth-order valence-electron chi connectivity index (χ4n) is 1.75. The lowest BCUT2D eigenvalue weighted by atomic mass is 10.1. The van der Waals surface area contributed by atoms with E-state index in [0.717, 1.165) is 6.07 Å². The third kappa shape index (κ3) is 3.57. The molecule has 0 unspecified atom stereocenters. The van der Waals surface area contributed by atoms with Crippen molar-refractivity contribution in [2.75, 3.05) is 11.9 Å². The lowest BCUT2D eigenvalue weighted by molar-refractivity contribution is 0.102. The smallest absolute Gasteiger partial charge is 0.255 e. The first-order chi connectivity index (χ1) is 10.1. The van der Waals surface area contributed by atoms with Gasteiger partial charge in [-0.25, -0.2) is 4.39 Å². The second-order valence-corrected chi connectivity index (χ2v) is 4.22. The largest absolute Gasteiger partial charge is 0.494 e. The molecule has 0 aliphatic rings. The number of nitrogens with zero attached hydrogens (tertiary/aromatic N) is 1. The van der Waals surface area contributed by atoms with Gasteiger partial charge in [0.15, 0.2) is 0 Å². The number of ether oxygens (including phenoxy) is 1. The molecule has 0 spiro atoms. The highest BCUT2D eigenvalue weighted by molar-refractivity contribution is 6.04. The van der Waals surface area contributed by atoms with Gasteiger partial charge in [0.25, 0.3) is 5.91 Å². The van der Waals surface area contributed by atoms with Gasteiger partial charge < -0.3 is 10.1 Å². The van der Waals surface area contributed by atoms with Crippen LogP contribution in [0.4, 0.5) is 10.1 Å². The Labute approximate surface area is 121 Å². The van der Waals surface area contributed by atoms with E-state index < -0.39 is 11.7 Å². The number of carbonyl (C=O) groups excluding carboxylic acids is 1. The standard InChI is InChI=1S/C16H13FN2O2/c1-2-21-13-6-4-12(5-7-13)16(20)19-15-8-3-11(10-18)9-14(15)17/h3-9H,2H2,1H3,(H,19,20). The highest BCUT2D eigenvalue weighted by Crippen LogP contribution is 2.18. The highest BCUT2D eigenvalue weighted by Gasteiger charge is 2.10. The molecule has 5 heteroatoms. The molecule has 2 aromatic rings. The van der Waals surface area contributed by atoms with Crippen molar-refractivity contribution in [1.29, 1.82) is 5.26 Å². The van der Waals surface area contributed by atoms with Crippen LogP contribution in [-0.2, 0) is 0 Å². The highest BCUT2D eigenvalue weighted by atomic mass is 19.1. The van der Waals surface area contributed by atoms with Crippen molar-refractivity contribution in [2.45, 2.75) is 6.92 Å². The Kier molecular flexibility index (Phi) is 4.52. The summed E-state index contributed by atoms with van der Waals surface area (Å²) in [7, 11) is 0. The Bertz CT molecular complexity index is 690. The van der Waals surface area contributed by atoms with E-state index in [1.54, 1.807) is 24.3 Å². The number of carbonyl (C=O) groups is 1. The van der Waals surface area contributed by atoms with Gasteiger partial charge in [-0.15, -0.1) is 0 Å². The fourth-order valence-corrected chi connectivity index (χ4v) is 1.75. The third-order valence-corrected chi connectivity index (χ3v) is 2.77. The zero-order valence-corrected chi connectivity index (χ0v) is 11.4. The molecule has 2 rings (SSSR count). The molecule has 0 saturated carbocycles. The summed E-state index contributed by atoms with van der Waals surface area (Å²) < 4.78 is 19.0. The van der Waals surface area contributed by atoms with Crippen LogP contribution in [-0.4, -0.2) is 12.5 Å². The Balaban J connectivity index is 2.12. The van der Waals surface area contributed by atoms with E-state index in [2.05, 4.69) is 5.32 Å². The normalized spacial score (nSPS) is 9.76. The van der Waals surface area contributed by atoms with Crippen molar-refractivity contribution in [3.63, 3.8) is 0 Å². The predicted octanol–water partition coefficient (Wildman–Crippen LogP) is 3.35. The molecule has 0 aliphatic heterocycles. The molecule has 1 amide bonds. The second-order valence-electron chi connectivity index (χ2n) is 4.22. The van der Waals surface area contributed by atoms with Gasteiger partial charge in [0.2, 0.25) is 0 Å². The van der Waals surface area contributed by atoms with Crippen LogP contribution in [0, 0.1) is 17.1 Å². The monoisotopic (exact) mass is 284 g/mol. The Morgan fingerprint density at radius 1 is 1.29 bits per heavy atom. The summed E-state index contributed by atoms with van der Waals surface area (Å²) in [5.74, 6) is -0.409. The molecule has 0 radical (unpaired) electrons. The maximum absolute atomic E-state index is 13.7. The Morgan fingerprint density at radius 3 is 2.57 bits per heavy atom. The number of benzene rings is 2. The average molecular weight is 284 g/mol. The predicted molar refractivity (Wildman–Crippen MR) is 76.7 cm³/mol. The van der Waals surface area contributed by atoms with Crippen LogP contribution in [0.5, 0.6) is 5.75 Å². The first-order valence-corrected chi connectivity index (χ1v) is 6.38. The molecule has 0 atom stereocenters. The molecule has 2 aromatic carbocycles. The summed E-state index contributed by atoms with van der Waals surface area (Å²) in [6.07, 6.45) is 0. The minimum Gasteiger partial charge on any atom is -0.494 e. The average Bonchev–Trinajstić information content (AvgIpc) is 2.50. The van der Waals surface area contributed by atoms with Gasteiger partial charge in [0.05, 0.1) is 23.9 Å². The van der Waals surface area contributed by atoms with Gasteiger partial charge in [0, 0.05) is 5.56 Å². The SMILES string of the molecule is CCOc1ccc(C(=O)Nc2ccc(C#N)cc2F)cc1. The molecule has 4 nitrogen and oxygen atoms in total. The molecule has 0 heterocycles. The maximum Gasteiger partial charge on any atom is 0.255 e. The van der Waals surface area contributed by atoms with Crippen LogP contribution in [0.15, 0.2) is 42.5 Å². The molecule has 0 aliphatic carbocycles. The Morgan fingerprint density at radius 2 is 2.00 bits per heavy atom. The number of rotatable bonds is 4. The van der Waals surface area contributed by atoms with Gasteiger partial charge in [0.1, 0.15) is 11.6 Å². The van der Waals surface area contributed by atoms with E-state index >= 15 is 0 Å². The van der Waals surface area contributed by atoms with E-state index in [9.17, 15) is 9.18 Å². The molecular formula is C16H13FN2O2. The zero-order chi connectivity index (χ0) is 15.2. The maximum atomic E-state index is 13.7. The first-order valence-electron chi connectivity index (χ1n) is 6.38. The molecule has 0 fully saturated rings. The van der Waals surface area contributed by atoms with Crippen LogP contribution < -0.4 is 10.1 Å². The molecule has 0 saturated heterocycles. The zero-order valence-electron chi connectivity index (χ0n) is 11.4. The van der Waals surface area contributed by atoms with Crippen LogP contribution in [0.1, 0.15) is 22.8 Å². The Hall–Kier alpha value is -2.87. The van der Waals surface area contributed by atoms with E-state index in [4.69, 9.17) is 10.00 Å². The van der Waals surface area contributed by atoms with E-state index in [0.29, 0.717) is 17.9 Å². The number of amides is 1. The number of halogens is 1. The summed E-state index contributed by atoms with van der Waals surface area (Å²) in [4.78, 5) is 12.0. The van der Waals surface area contributed by atoms with Crippen LogP contribution in [0.25, 0.3) is 0 Å². The van der Waals surface area contributed by atoms with Crippen molar-refractivity contribution in [3.8, 4) is 11.8 Å². The molecule has 106 valence electrons. The molecule has 0 bridgehead atoms. The topological polar surface area (TPSA) is 62.1 Å². The molecule has 0 aromatic heterocycles. The number of anilines is 1. The van der Waals surface area contributed by atoms with Crippen molar-refractivity contribution in [3.05, 3.63) is 59.4 Å². The molecule has 21 heavy (non-hydrogen) atoms. The van der Waals surface area contributed by atoms with Crippen LogP contribution in [0.3, 0.4) is 0 Å². The van der Waals surface area contributed by atoms with E-state index in [1.165, 1.54) is 12.1 Å². The van der Waals surface area contributed by atoms with Crippen LogP contribution in [0.2, 0.25) is 0 Å². The quantitative estimate of drug-likeness (QED) is 0.936. The lowest BCUT2D eigenvalue weighted by Crippen LogP contribution is -2.13. The number of nitriles is 1. The molecule has 1 N–H and O–H groups in total. The van der Waals surface area contributed by atoms with Crippen molar-refractivity contribution in [2.24, 2.45) is 0 Å².